The standard InChI is InChI=1S/C13H13FO4/c1-2-18-13(17)6-4-9-3-5-11(14)10(7-9)8-12(15)16/h3-7H,2,8H2,1H3,(H,15,16). The van der Waals surface area contributed by atoms with E-state index in [1.165, 1.54) is 30.4 Å². The lowest BCUT2D eigenvalue weighted by Crippen LogP contribution is -2.03. The first-order valence-electron chi connectivity index (χ1n) is 5.38. The molecule has 1 N–H and O–H groups in total. The van der Waals surface area contributed by atoms with Crippen LogP contribution in [0.4, 0.5) is 4.39 Å². The smallest absolute Gasteiger partial charge is 0.330 e. The van der Waals surface area contributed by atoms with Gasteiger partial charge in [-0.15, -0.1) is 0 Å². The minimum Gasteiger partial charge on any atom is -0.481 e. The fraction of sp³-hybridized carbons (Fsp3) is 0.231. The number of carboxylic acids is 1. The van der Waals surface area contributed by atoms with E-state index in [0.29, 0.717) is 5.56 Å². The minimum atomic E-state index is -1.11. The number of aliphatic carboxylic acids is 1. The molecule has 4 nitrogen and oxygen atoms in total. The SMILES string of the molecule is CCOC(=O)C=Cc1ccc(F)c(CC(=O)O)c1. The van der Waals surface area contributed by atoms with Gasteiger partial charge in [0.15, 0.2) is 0 Å². The van der Waals surface area contributed by atoms with Crippen LogP contribution >= 0.6 is 0 Å². The van der Waals surface area contributed by atoms with Crippen LogP contribution in [0.5, 0.6) is 0 Å². The van der Waals surface area contributed by atoms with Crippen molar-refractivity contribution in [2.75, 3.05) is 6.61 Å². The fourth-order valence-corrected chi connectivity index (χ4v) is 1.35. The van der Waals surface area contributed by atoms with E-state index in [4.69, 9.17) is 5.11 Å². The maximum atomic E-state index is 13.3. The van der Waals surface area contributed by atoms with Crippen molar-refractivity contribution in [3.8, 4) is 0 Å². The van der Waals surface area contributed by atoms with Gasteiger partial charge < -0.3 is 9.84 Å². The van der Waals surface area contributed by atoms with Gasteiger partial charge in [-0.3, -0.25) is 4.79 Å². The molecule has 0 aliphatic carbocycles. The summed E-state index contributed by atoms with van der Waals surface area (Å²) in [5.41, 5.74) is 0.620. The quantitative estimate of drug-likeness (QED) is 0.643. The Morgan fingerprint density at radius 1 is 1.44 bits per heavy atom. The van der Waals surface area contributed by atoms with Crippen LogP contribution in [0.15, 0.2) is 24.3 Å². The molecule has 0 saturated carbocycles. The van der Waals surface area contributed by atoms with Crippen LogP contribution in [0.25, 0.3) is 6.08 Å². The van der Waals surface area contributed by atoms with E-state index in [0.717, 1.165) is 0 Å². The van der Waals surface area contributed by atoms with Gasteiger partial charge >= 0.3 is 11.9 Å². The van der Waals surface area contributed by atoms with E-state index in [2.05, 4.69) is 4.74 Å². The zero-order chi connectivity index (χ0) is 13.5. The van der Waals surface area contributed by atoms with Crippen molar-refractivity contribution in [3.05, 3.63) is 41.2 Å². The molecule has 0 amide bonds. The fourth-order valence-electron chi connectivity index (χ4n) is 1.35. The maximum absolute atomic E-state index is 13.3. The summed E-state index contributed by atoms with van der Waals surface area (Å²) in [6.45, 7) is 1.96. The minimum absolute atomic E-state index is 0.0773. The first-order valence-corrected chi connectivity index (χ1v) is 5.38. The van der Waals surface area contributed by atoms with Gasteiger partial charge in [-0.05, 0) is 36.3 Å². The average molecular weight is 252 g/mol. The molecule has 0 radical (unpaired) electrons. The van der Waals surface area contributed by atoms with Crippen LogP contribution < -0.4 is 0 Å². The molecule has 0 saturated heterocycles. The molecular weight excluding hydrogens is 239 g/mol. The van der Waals surface area contributed by atoms with Gasteiger partial charge in [0, 0.05) is 6.08 Å². The molecule has 0 spiro atoms. The number of halogens is 1. The van der Waals surface area contributed by atoms with Crippen LogP contribution in [0, 0.1) is 5.82 Å². The maximum Gasteiger partial charge on any atom is 0.330 e. The summed E-state index contributed by atoms with van der Waals surface area (Å²) in [5.74, 6) is -2.19. The second-order valence-electron chi connectivity index (χ2n) is 3.51. The summed E-state index contributed by atoms with van der Waals surface area (Å²) in [6, 6.07) is 4.01. The number of hydrogen-bond donors (Lipinski definition) is 1. The Kier molecular flexibility index (Phi) is 5.05. The molecule has 0 unspecified atom stereocenters. The molecule has 0 atom stereocenters. The summed E-state index contributed by atoms with van der Waals surface area (Å²) in [7, 11) is 0. The third kappa shape index (κ3) is 4.37. The van der Waals surface area contributed by atoms with Crippen molar-refractivity contribution in [2.24, 2.45) is 0 Å². The number of carbonyl (C=O) groups is 2. The topological polar surface area (TPSA) is 63.6 Å². The van der Waals surface area contributed by atoms with Crippen molar-refractivity contribution in [3.63, 3.8) is 0 Å². The highest BCUT2D eigenvalue weighted by Gasteiger charge is 2.07. The van der Waals surface area contributed by atoms with E-state index >= 15 is 0 Å². The largest absolute Gasteiger partial charge is 0.481 e. The number of rotatable bonds is 5. The van der Waals surface area contributed by atoms with Crippen LogP contribution in [-0.2, 0) is 20.7 Å². The lowest BCUT2D eigenvalue weighted by atomic mass is 10.1. The van der Waals surface area contributed by atoms with Gasteiger partial charge in [0.25, 0.3) is 0 Å². The van der Waals surface area contributed by atoms with E-state index in [-0.39, 0.29) is 12.2 Å². The van der Waals surface area contributed by atoms with Gasteiger partial charge in [-0.25, -0.2) is 9.18 Å². The van der Waals surface area contributed by atoms with Gasteiger partial charge in [-0.2, -0.15) is 0 Å². The number of carboxylic acid groups (broad SMARTS) is 1. The van der Waals surface area contributed by atoms with Gasteiger partial charge in [0.2, 0.25) is 0 Å². The van der Waals surface area contributed by atoms with Gasteiger partial charge in [-0.1, -0.05) is 6.07 Å². The molecule has 1 aromatic carbocycles. The van der Waals surface area contributed by atoms with Crippen LogP contribution in [0.2, 0.25) is 0 Å². The molecule has 0 aliphatic rings. The number of benzene rings is 1. The van der Waals surface area contributed by atoms with E-state index in [1.54, 1.807) is 6.92 Å². The first-order chi connectivity index (χ1) is 8.52. The summed E-state index contributed by atoms with van der Waals surface area (Å²) in [5, 5.41) is 8.61. The summed E-state index contributed by atoms with van der Waals surface area (Å²) < 4.78 is 18.0. The second kappa shape index (κ2) is 6.54. The molecule has 96 valence electrons. The van der Waals surface area contributed by atoms with E-state index in [9.17, 15) is 14.0 Å². The Morgan fingerprint density at radius 2 is 2.17 bits per heavy atom. The lowest BCUT2D eigenvalue weighted by Gasteiger charge is -2.01. The predicted octanol–water partition coefficient (Wildman–Crippen LogP) is 2.03. The Balaban J connectivity index is 2.84. The second-order valence-corrected chi connectivity index (χ2v) is 3.51. The van der Waals surface area contributed by atoms with Crippen molar-refractivity contribution < 1.29 is 23.8 Å². The van der Waals surface area contributed by atoms with Crippen molar-refractivity contribution in [1.29, 1.82) is 0 Å². The van der Waals surface area contributed by atoms with E-state index in [1.807, 2.05) is 0 Å². The number of hydrogen-bond acceptors (Lipinski definition) is 3. The number of ether oxygens (including phenoxy) is 1. The summed E-state index contributed by atoms with van der Waals surface area (Å²) in [4.78, 5) is 21.6. The molecule has 5 heteroatoms. The zero-order valence-corrected chi connectivity index (χ0v) is 9.85. The molecule has 0 aliphatic heterocycles. The lowest BCUT2D eigenvalue weighted by molar-refractivity contribution is -0.137. The Hall–Kier alpha value is -2.17. The monoisotopic (exact) mass is 252 g/mol. The molecule has 0 heterocycles. The van der Waals surface area contributed by atoms with E-state index < -0.39 is 24.2 Å². The molecule has 0 fully saturated rings. The Morgan fingerprint density at radius 3 is 2.78 bits per heavy atom. The third-order valence-corrected chi connectivity index (χ3v) is 2.11. The molecule has 0 aromatic heterocycles. The summed E-state index contributed by atoms with van der Waals surface area (Å²) in [6.07, 6.45) is 2.26. The molecule has 0 bridgehead atoms. The first kappa shape index (κ1) is 13.9. The Labute approximate surface area is 104 Å². The third-order valence-electron chi connectivity index (χ3n) is 2.11. The molecule has 1 aromatic rings. The van der Waals surface area contributed by atoms with Crippen LogP contribution in [-0.4, -0.2) is 23.7 Å². The normalized spacial score (nSPS) is 10.6. The van der Waals surface area contributed by atoms with Gasteiger partial charge in [0.05, 0.1) is 13.0 Å². The predicted molar refractivity (Wildman–Crippen MR) is 63.4 cm³/mol. The zero-order valence-electron chi connectivity index (χ0n) is 9.85. The van der Waals surface area contributed by atoms with Crippen molar-refractivity contribution in [2.45, 2.75) is 13.3 Å². The van der Waals surface area contributed by atoms with Crippen molar-refractivity contribution in [1.82, 2.24) is 0 Å². The highest BCUT2D eigenvalue weighted by Crippen LogP contribution is 2.13. The molecule has 18 heavy (non-hydrogen) atoms. The van der Waals surface area contributed by atoms with Crippen LogP contribution in [0.3, 0.4) is 0 Å². The highest BCUT2D eigenvalue weighted by molar-refractivity contribution is 5.87. The molecular formula is C13H13FO4. The average Bonchev–Trinajstić information content (AvgIpc) is 2.30. The molecule has 1 rings (SSSR count). The van der Waals surface area contributed by atoms with Gasteiger partial charge in [0.1, 0.15) is 5.82 Å². The number of esters is 1. The van der Waals surface area contributed by atoms with Crippen molar-refractivity contribution >= 4 is 18.0 Å². The summed E-state index contributed by atoms with van der Waals surface area (Å²) >= 11 is 0. The highest BCUT2D eigenvalue weighted by atomic mass is 19.1. The Bertz CT molecular complexity index is 480. The number of carbonyl (C=O) groups excluding carboxylic acids is 1. The van der Waals surface area contributed by atoms with Crippen LogP contribution in [0.1, 0.15) is 18.1 Å².